The topological polar surface area (TPSA) is 115 Å². The van der Waals surface area contributed by atoms with Crippen LogP contribution < -0.4 is 16.2 Å². The maximum atomic E-state index is 11.7. The molecular formula is C14H23N3O3S. The monoisotopic (exact) mass is 313 g/mol. The van der Waals surface area contributed by atoms with Gasteiger partial charge in [-0.1, -0.05) is 31.9 Å². The molecule has 0 bridgehead atoms. The van der Waals surface area contributed by atoms with Gasteiger partial charge in [-0.3, -0.25) is 4.79 Å². The average Bonchev–Trinajstić information content (AvgIpc) is 2.44. The van der Waals surface area contributed by atoms with E-state index in [0.717, 1.165) is 18.4 Å². The SMILES string of the molecule is CCCC[C@H](N)C(=O)NCCc1ccc(S(N)(=O)=O)cc1. The molecule has 0 aromatic heterocycles. The Hall–Kier alpha value is -1.44. The maximum Gasteiger partial charge on any atom is 0.238 e. The van der Waals surface area contributed by atoms with Crippen molar-refractivity contribution in [2.75, 3.05) is 6.54 Å². The molecule has 1 aromatic rings. The lowest BCUT2D eigenvalue weighted by Crippen LogP contribution is -2.41. The van der Waals surface area contributed by atoms with Crippen LogP contribution in [0.4, 0.5) is 0 Å². The van der Waals surface area contributed by atoms with Crippen LogP contribution in [0.5, 0.6) is 0 Å². The number of nitrogens with two attached hydrogens (primary N) is 2. The Morgan fingerprint density at radius 3 is 2.43 bits per heavy atom. The standard InChI is InChI=1S/C14H23N3O3S/c1-2-3-4-13(15)14(18)17-10-9-11-5-7-12(8-6-11)21(16,19)20/h5-8,13H,2-4,9-10,15H2,1H3,(H,17,18)(H2,16,19,20)/t13-/m0/s1. The van der Waals surface area contributed by atoms with Crippen LogP contribution in [0.15, 0.2) is 29.2 Å². The predicted octanol–water partition coefficient (Wildman–Crippen LogP) is 0.510. The van der Waals surface area contributed by atoms with Gasteiger partial charge in [-0.2, -0.15) is 0 Å². The molecule has 0 unspecified atom stereocenters. The first kappa shape index (κ1) is 17.6. The van der Waals surface area contributed by atoms with Gasteiger partial charge in [0.15, 0.2) is 0 Å². The number of nitrogens with one attached hydrogen (secondary N) is 1. The van der Waals surface area contributed by atoms with Crippen LogP contribution in [0.1, 0.15) is 31.7 Å². The molecule has 0 fully saturated rings. The van der Waals surface area contributed by atoms with Gasteiger partial charge < -0.3 is 11.1 Å². The van der Waals surface area contributed by atoms with E-state index in [1.165, 1.54) is 12.1 Å². The van der Waals surface area contributed by atoms with E-state index < -0.39 is 16.1 Å². The minimum absolute atomic E-state index is 0.0804. The summed E-state index contributed by atoms with van der Waals surface area (Å²) in [6, 6.07) is 5.82. The highest BCUT2D eigenvalue weighted by molar-refractivity contribution is 7.89. The Balaban J connectivity index is 2.41. The van der Waals surface area contributed by atoms with Gasteiger partial charge in [-0.25, -0.2) is 13.6 Å². The summed E-state index contributed by atoms with van der Waals surface area (Å²) in [4.78, 5) is 11.8. The first-order valence-corrected chi connectivity index (χ1v) is 8.54. The fourth-order valence-electron chi connectivity index (χ4n) is 1.86. The van der Waals surface area contributed by atoms with Crippen molar-refractivity contribution < 1.29 is 13.2 Å². The quantitative estimate of drug-likeness (QED) is 0.648. The molecule has 1 aromatic carbocycles. The smallest absolute Gasteiger partial charge is 0.238 e. The summed E-state index contributed by atoms with van der Waals surface area (Å²) < 4.78 is 22.2. The number of sulfonamides is 1. The van der Waals surface area contributed by atoms with Crippen molar-refractivity contribution in [2.45, 2.75) is 43.5 Å². The van der Waals surface area contributed by atoms with Crippen LogP contribution in [0.2, 0.25) is 0 Å². The number of hydrogen-bond acceptors (Lipinski definition) is 4. The first-order chi connectivity index (χ1) is 9.84. The number of primary sulfonamides is 1. The molecule has 1 atom stereocenters. The molecule has 0 saturated carbocycles. The molecule has 118 valence electrons. The molecule has 5 N–H and O–H groups in total. The summed E-state index contributed by atoms with van der Waals surface area (Å²) in [5.41, 5.74) is 6.68. The molecule has 21 heavy (non-hydrogen) atoms. The number of rotatable bonds is 8. The summed E-state index contributed by atoms with van der Waals surface area (Å²) in [7, 11) is -3.66. The number of unbranched alkanes of at least 4 members (excludes halogenated alkanes) is 1. The molecule has 0 spiro atoms. The average molecular weight is 313 g/mol. The molecule has 0 heterocycles. The molecule has 7 heteroatoms. The normalized spacial score (nSPS) is 12.9. The highest BCUT2D eigenvalue weighted by Gasteiger charge is 2.12. The number of amides is 1. The lowest BCUT2D eigenvalue weighted by atomic mass is 10.1. The number of carbonyl (C=O) groups is 1. The third-order valence-corrected chi connectivity index (χ3v) is 4.10. The Kier molecular flexibility index (Phi) is 6.80. The maximum absolute atomic E-state index is 11.7. The molecule has 1 amide bonds. The van der Waals surface area contributed by atoms with E-state index in [2.05, 4.69) is 12.2 Å². The Morgan fingerprint density at radius 1 is 1.29 bits per heavy atom. The second-order valence-corrected chi connectivity index (χ2v) is 6.54. The van der Waals surface area contributed by atoms with E-state index in [0.29, 0.717) is 19.4 Å². The summed E-state index contributed by atoms with van der Waals surface area (Å²) in [6.45, 7) is 2.52. The number of carbonyl (C=O) groups excluding carboxylic acids is 1. The second kappa shape index (κ2) is 8.11. The molecule has 0 aliphatic rings. The first-order valence-electron chi connectivity index (χ1n) is 6.99. The summed E-state index contributed by atoms with van der Waals surface area (Å²) in [5, 5.41) is 7.80. The number of hydrogen-bond donors (Lipinski definition) is 3. The van der Waals surface area contributed by atoms with Crippen molar-refractivity contribution >= 4 is 15.9 Å². The van der Waals surface area contributed by atoms with Crippen LogP contribution in [-0.4, -0.2) is 26.9 Å². The predicted molar refractivity (Wildman–Crippen MR) is 82.0 cm³/mol. The van der Waals surface area contributed by atoms with Gasteiger partial charge in [0.1, 0.15) is 0 Å². The highest BCUT2D eigenvalue weighted by Crippen LogP contribution is 2.09. The van der Waals surface area contributed by atoms with Crippen molar-refractivity contribution in [1.29, 1.82) is 0 Å². The van der Waals surface area contributed by atoms with Gasteiger partial charge in [0.05, 0.1) is 10.9 Å². The zero-order valence-electron chi connectivity index (χ0n) is 12.2. The van der Waals surface area contributed by atoms with Crippen molar-refractivity contribution in [3.8, 4) is 0 Å². The van der Waals surface area contributed by atoms with Gasteiger partial charge in [-0.15, -0.1) is 0 Å². The van der Waals surface area contributed by atoms with Crippen molar-refractivity contribution in [2.24, 2.45) is 10.9 Å². The molecule has 6 nitrogen and oxygen atoms in total. The molecule has 1 rings (SSSR count). The van der Waals surface area contributed by atoms with E-state index in [1.807, 2.05) is 0 Å². The van der Waals surface area contributed by atoms with Gasteiger partial charge >= 0.3 is 0 Å². The van der Waals surface area contributed by atoms with Gasteiger partial charge in [-0.05, 0) is 30.5 Å². The van der Waals surface area contributed by atoms with Crippen molar-refractivity contribution in [3.05, 3.63) is 29.8 Å². The number of benzene rings is 1. The minimum Gasteiger partial charge on any atom is -0.354 e. The van der Waals surface area contributed by atoms with Gasteiger partial charge in [0, 0.05) is 6.54 Å². The summed E-state index contributed by atoms with van der Waals surface area (Å²) in [5.74, 6) is -0.149. The Labute approximate surface area is 126 Å². The summed E-state index contributed by atoms with van der Waals surface area (Å²) >= 11 is 0. The third-order valence-electron chi connectivity index (χ3n) is 3.17. The Bertz CT molecular complexity index is 555. The van der Waals surface area contributed by atoms with Crippen molar-refractivity contribution in [3.63, 3.8) is 0 Å². The van der Waals surface area contributed by atoms with E-state index in [9.17, 15) is 13.2 Å². The van der Waals surface area contributed by atoms with E-state index in [4.69, 9.17) is 10.9 Å². The fourth-order valence-corrected chi connectivity index (χ4v) is 2.38. The van der Waals surface area contributed by atoms with Gasteiger partial charge in [0.25, 0.3) is 0 Å². The molecule has 0 saturated heterocycles. The molecule has 0 aliphatic carbocycles. The van der Waals surface area contributed by atoms with Crippen LogP contribution in [0.25, 0.3) is 0 Å². The van der Waals surface area contributed by atoms with Crippen LogP contribution >= 0.6 is 0 Å². The minimum atomic E-state index is -3.66. The van der Waals surface area contributed by atoms with Crippen LogP contribution in [-0.2, 0) is 21.2 Å². The highest BCUT2D eigenvalue weighted by atomic mass is 32.2. The van der Waals surface area contributed by atoms with Crippen LogP contribution in [0.3, 0.4) is 0 Å². The largest absolute Gasteiger partial charge is 0.354 e. The molecular weight excluding hydrogens is 290 g/mol. The van der Waals surface area contributed by atoms with Gasteiger partial charge in [0.2, 0.25) is 15.9 Å². The summed E-state index contributed by atoms with van der Waals surface area (Å²) in [6.07, 6.45) is 3.24. The molecule has 0 radical (unpaired) electrons. The van der Waals surface area contributed by atoms with Crippen LogP contribution in [0, 0.1) is 0 Å². The second-order valence-electron chi connectivity index (χ2n) is 4.98. The lowest BCUT2D eigenvalue weighted by molar-refractivity contribution is -0.122. The zero-order valence-corrected chi connectivity index (χ0v) is 13.0. The Morgan fingerprint density at radius 2 is 1.90 bits per heavy atom. The third kappa shape index (κ3) is 6.24. The lowest BCUT2D eigenvalue weighted by Gasteiger charge is -2.11. The van der Waals surface area contributed by atoms with E-state index >= 15 is 0 Å². The van der Waals surface area contributed by atoms with Crippen molar-refractivity contribution in [1.82, 2.24) is 5.32 Å². The fraction of sp³-hybridized carbons (Fsp3) is 0.500. The van der Waals surface area contributed by atoms with E-state index in [1.54, 1.807) is 12.1 Å². The molecule has 0 aliphatic heterocycles. The zero-order chi connectivity index (χ0) is 15.9. The van der Waals surface area contributed by atoms with E-state index in [-0.39, 0.29) is 10.8 Å².